The molecular formula is C23H26N4O2. The fraction of sp³-hybridized carbons (Fsp3) is 0.304. The van der Waals surface area contributed by atoms with Crippen LogP contribution in [0.1, 0.15) is 11.3 Å². The van der Waals surface area contributed by atoms with Gasteiger partial charge in [0.1, 0.15) is 0 Å². The van der Waals surface area contributed by atoms with Crippen LogP contribution in [0.3, 0.4) is 0 Å². The summed E-state index contributed by atoms with van der Waals surface area (Å²) in [6, 6.07) is 19.4. The Morgan fingerprint density at radius 3 is 2.24 bits per heavy atom. The Balaban J connectivity index is 1.74. The number of hydrogen-bond acceptors (Lipinski definition) is 4. The van der Waals surface area contributed by atoms with Gasteiger partial charge in [-0.3, -0.25) is 15.0 Å². The summed E-state index contributed by atoms with van der Waals surface area (Å²) < 4.78 is 2.21. The van der Waals surface area contributed by atoms with Gasteiger partial charge in [-0.15, -0.1) is 0 Å². The van der Waals surface area contributed by atoms with Gasteiger partial charge in [-0.25, -0.2) is 0 Å². The van der Waals surface area contributed by atoms with Crippen molar-refractivity contribution in [2.24, 2.45) is 0 Å². The molecule has 0 saturated carbocycles. The zero-order chi connectivity index (χ0) is 20.4. The lowest BCUT2D eigenvalue weighted by atomic mass is 10.1. The molecule has 1 aliphatic heterocycles. The molecule has 2 heterocycles. The molecule has 150 valence electrons. The van der Waals surface area contributed by atoms with Crippen molar-refractivity contribution in [2.45, 2.75) is 13.5 Å². The Bertz CT molecular complexity index is 988. The Kier molecular flexibility index (Phi) is 5.47. The number of benzene rings is 2. The molecule has 3 aromatic rings. The van der Waals surface area contributed by atoms with Crippen molar-refractivity contribution in [3.8, 4) is 16.9 Å². The smallest absolute Gasteiger partial charge is 0.269 e. The average molecular weight is 390 g/mol. The van der Waals surface area contributed by atoms with Crippen LogP contribution in [0.5, 0.6) is 0 Å². The predicted octanol–water partition coefficient (Wildman–Crippen LogP) is 4.11. The normalized spacial score (nSPS) is 15.5. The first-order chi connectivity index (χ1) is 14.0. The van der Waals surface area contributed by atoms with Crippen molar-refractivity contribution in [3.05, 3.63) is 82.0 Å². The lowest BCUT2D eigenvalue weighted by Gasteiger charge is -2.32. The molecule has 0 spiro atoms. The molecule has 0 amide bonds. The van der Waals surface area contributed by atoms with E-state index in [-0.39, 0.29) is 10.6 Å². The fourth-order valence-corrected chi connectivity index (χ4v) is 3.94. The van der Waals surface area contributed by atoms with E-state index in [0.29, 0.717) is 0 Å². The Morgan fingerprint density at radius 1 is 0.966 bits per heavy atom. The molecule has 4 rings (SSSR count). The fourth-order valence-electron chi connectivity index (χ4n) is 3.94. The summed E-state index contributed by atoms with van der Waals surface area (Å²) in [7, 11) is 2.17. The van der Waals surface area contributed by atoms with Crippen LogP contribution < -0.4 is 0 Å². The molecule has 1 fully saturated rings. The van der Waals surface area contributed by atoms with Gasteiger partial charge < -0.3 is 9.47 Å². The van der Waals surface area contributed by atoms with Gasteiger partial charge in [-0.2, -0.15) is 0 Å². The van der Waals surface area contributed by atoms with E-state index in [1.165, 1.54) is 11.3 Å². The van der Waals surface area contributed by atoms with Gasteiger partial charge in [0, 0.05) is 56.2 Å². The van der Waals surface area contributed by atoms with Crippen molar-refractivity contribution in [1.82, 2.24) is 14.4 Å². The van der Waals surface area contributed by atoms with E-state index in [1.807, 2.05) is 30.3 Å². The second-order valence-corrected chi connectivity index (χ2v) is 7.69. The number of non-ortho nitro benzene ring substituents is 1. The molecule has 29 heavy (non-hydrogen) atoms. The number of hydrogen-bond donors (Lipinski definition) is 0. The highest BCUT2D eigenvalue weighted by atomic mass is 16.6. The molecule has 6 heteroatoms. The molecule has 6 nitrogen and oxygen atoms in total. The summed E-state index contributed by atoms with van der Waals surface area (Å²) >= 11 is 0. The molecule has 0 unspecified atom stereocenters. The standard InChI is InChI=1S/C23H26N4O2/c1-18-20(17-25-14-12-24(2)13-15-25)16-23(19-6-4-3-5-7-19)26(18)21-8-10-22(11-9-21)27(28)29/h3-11,16H,12-15,17H2,1-2H3. The highest BCUT2D eigenvalue weighted by molar-refractivity contribution is 5.66. The van der Waals surface area contributed by atoms with Crippen LogP contribution in [-0.4, -0.2) is 52.5 Å². The van der Waals surface area contributed by atoms with Crippen LogP contribution in [0.2, 0.25) is 0 Å². The van der Waals surface area contributed by atoms with Gasteiger partial charge in [0.05, 0.1) is 10.6 Å². The van der Waals surface area contributed by atoms with Crippen molar-refractivity contribution in [3.63, 3.8) is 0 Å². The van der Waals surface area contributed by atoms with Gasteiger partial charge in [0.2, 0.25) is 0 Å². The first kappa shape index (κ1) is 19.4. The molecule has 1 aromatic heterocycles. The summed E-state index contributed by atoms with van der Waals surface area (Å²) in [6.45, 7) is 7.37. The Morgan fingerprint density at radius 2 is 1.62 bits per heavy atom. The van der Waals surface area contributed by atoms with E-state index >= 15 is 0 Å². The minimum atomic E-state index is -0.358. The van der Waals surface area contributed by atoms with Crippen LogP contribution in [0.15, 0.2) is 60.7 Å². The zero-order valence-corrected chi connectivity index (χ0v) is 16.9. The number of nitro groups is 1. The van der Waals surface area contributed by atoms with Gasteiger partial charge in [0.15, 0.2) is 0 Å². The molecule has 0 bridgehead atoms. The Hall–Kier alpha value is -2.96. The molecule has 0 radical (unpaired) electrons. The molecule has 0 N–H and O–H groups in total. The number of rotatable bonds is 5. The minimum absolute atomic E-state index is 0.109. The van der Waals surface area contributed by atoms with E-state index < -0.39 is 0 Å². The number of likely N-dealkylation sites (N-methyl/N-ethyl adjacent to an activating group) is 1. The van der Waals surface area contributed by atoms with Crippen LogP contribution in [-0.2, 0) is 6.54 Å². The average Bonchev–Trinajstić information content (AvgIpc) is 3.06. The lowest BCUT2D eigenvalue weighted by Crippen LogP contribution is -2.43. The number of nitro benzene ring substituents is 1. The lowest BCUT2D eigenvalue weighted by molar-refractivity contribution is -0.384. The van der Waals surface area contributed by atoms with Gasteiger partial charge in [-0.05, 0) is 43.3 Å². The van der Waals surface area contributed by atoms with Crippen LogP contribution in [0.25, 0.3) is 16.9 Å². The highest BCUT2D eigenvalue weighted by Gasteiger charge is 2.20. The van der Waals surface area contributed by atoms with Crippen molar-refractivity contribution in [2.75, 3.05) is 33.2 Å². The Labute approximate surface area is 171 Å². The second kappa shape index (κ2) is 8.19. The van der Waals surface area contributed by atoms with Crippen molar-refractivity contribution < 1.29 is 4.92 Å². The summed E-state index contributed by atoms with van der Waals surface area (Å²) in [5.74, 6) is 0. The molecule has 1 saturated heterocycles. The number of aromatic nitrogens is 1. The maximum atomic E-state index is 11.0. The molecule has 2 aromatic carbocycles. The predicted molar refractivity (Wildman–Crippen MR) is 115 cm³/mol. The summed E-state index contributed by atoms with van der Waals surface area (Å²) in [4.78, 5) is 15.5. The number of piperazine rings is 1. The van der Waals surface area contributed by atoms with E-state index in [2.05, 4.69) is 46.5 Å². The van der Waals surface area contributed by atoms with Crippen LogP contribution in [0.4, 0.5) is 5.69 Å². The third-order valence-electron chi connectivity index (χ3n) is 5.73. The molecular weight excluding hydrogens is 364 g/mol. The topological polar surface area (TPSA) is 54.5 Å². The van der Waals surface area contributed by atoms with Crippen LogP contribution in [0, 0.1) is 17.0 Å². The largest absolute Gasteiger partial charge is 0.314 e. The van der Waals surface area contributed by atoms with E-state index in [4.69, 9.17) is 0 Å². The molecule has 0 atom stereocenters. The van der Waals surface area contributed by atoms with Gasteiger partial charge >= 0.3 is 0 Å². The van der Waals surface area contributed by atoms with Crippen LogP contribution >= 0.6 is 0 Å². The third-order valence-corrected chi connectivity index (χ3v) is 5.73. The zero-order valence-electron chi connectivity index (χ0n) is 16.9. The SMILES string of the molecule is Cc1c(CN2CCN(C)CC2)cc(-c2ccccc2)n1-c1ccc([N+](=O)[O-])cc1. The summed E-state index contributed by atoms with van der Waals surface area (Å²) in [5, 5.41) is 11.0. The van der Waals surface area contributed by atoms with Crippen molar-refractivity contribution >= 4 is 5.69 Å². The highest BCUT2D eigenvalue weighted by Crippen LogP contribution is 2.31. The third kappa shape index (κ3) is 4.09. The summed E-state index contributed by atoms with van der Waals surface area (Å²) in [6.07, 6.45) is 0. The van der Waals surface area contributed by atoms with Gasteiger partial charge in [0.25, 0.3) is 5.69 Å². The first-order valence-electron chi connectivity index (χ1n) is 9.95. The maximum Gasteiger partial charge on any atom is 0.269 e. The minimum Gasteiger partial charge on any atom is -0.314 e. The van der Waals surface area contributed by atoms with E-state index in [9.17, 15) is 10.1 Å². The summed E-state index contributed by atoms with van der Waals surface area (Å²) in [5.41, 5.74) is 5.78. The van der Waals surface area contributed by atoms with Gasteiger partial charge in [-0.1, -0.05) is 30.3 Å². The molecule has 0 aliphatic carbocycles. The second-order valence-electron chi connectivity index (χ2n) is 7.69. The first-order valence-corrected chi connectivity index (χ1v) is 9.95. The van der Waals surface area contributed by atoms with E-state index in [1.54, 1.807) is 12.1 Å². The van der Waals surface area contributed by atoms with E-state index in [0.717, 1.165) is 49.7 Å². The number of nitrogens with zero attached hydrogens (tertiary/aromatic N) is 4. The van der Waals surface area contributed by atoms with Crippen molar-refractivity contribution in [1.29, 1.82) is 0 Å². The maximum absolute atomic E-state index is 11.0. The molecule has 1 aliphatic rings. The monoisotopic (exact) mass is 390 g/mol. The quantitative estimate of drug-likeness (QED) is 0.486.